The van der Waals surface area contributed by atoms with Gasteiger partial charge in [-0.25, -0.2) is 9.59 Å². The van der Waals surface area contributed by atoms with Gasteiger partial charge in [-0.05, 0) is 59.4 Å². The van der Waals surface area contributed by atoms with Crippen LogP contribution in [0.3, 0.4) is 0 Å². The minimum Gasteiger partial charge on any atom is -0.461 e. The number of hydrogen-bond donors (Lipinski definition) is 2. The average molecular weight is 394 g/mol. The molecule has 0 aliphatic rings. The van der Waals surface area contributed by atoms with Gasteiger partial charge in [-0.3, -0.25) is 4.79 Å². The molecule has 0 aliphatic heterocycles. The molecule has 7 heteroatoms. The first-order valence-corrected chi connectivity index (χ1v) is 9.98. The lowest BCUT2D eigenvalue weighted by atomic mass is 9.99. The highest BCUT2D eigenvalue weighted by atomic mass is 16.5. The maximum atomic E-state index is 13.3. The normalized spacial score (nSPS) is 12.2. The van der Waals surface area contributed by atoms with E-state index in [1.165, 1.54) is 0 Å². The van der Waals surface area contributed by atoms with Gasteiger partial charge in [0.25, 0.3) is 0 Å². The number of nitrogens with zero attached hydrogens (tertiary/aromatic N) is 1. The van der Waals surface area contributed by atoms with Crippen molar-refractivity contribution in [2.24, 2.45) is 5.92 Å². The second-order valence-electron chi connectivity index (χ2n) is 7.87. The summed E-state index contributed by atoms with van der Waals surface area (Å²) in [7, 11) is 0. The van der Waals surface area contributed by atoms with Crippen LogP contribution in [-0.2, 0) is 4.74 Å². The number of aromatic nitrogens is 1. The third-order valence-electron chi connectivity index (χ3n) is 4.63. The van der Waals surface area contributed by atoms with Gasteiger partial charge in [0, 0.05) is 23.8 Å². The Morgan fingerprint density at radius 2 is 1.71 bits per heavy atom. The summed E-state index contributed by atoms with van der Waals surface area (Å²) in [4.78, 5) is 42.6. The summed E-state index contributed by atoms with van der Waals surface area (Å²) in [5.41, 5.74) is 1.89. The number of carbonyl (C=O) groups is 3. The van der Waals surface area contributed by atoms with E-state index in [0.29, 0.717) is 29.3 Å². The lowest BCUT2D eigenvalue weighted by molar-refractivity contribution is 0.0519. The van der Waals surface area contributed by atoms with Gasteiger partial charge in [0.2, 0.25) is 0 Å². The van der Waals surface area contributed by atoms with E-state index in [0.717, 1.165) is 6.42 Å². The Labute approximate surface area is 168 Å². The maximum absolute atomic E-state index is 13.3. The SMILES string of the molecule is CCOC(=O)c1[nH]c(C)c(C(=O)C(C)N(CCC(C)C)C(=O)NC(C)C)c1C. The van der Waals surface area contributed by atoms with E-state index in [1.807, 2.05) is 13.8 Å². The summed E-state index contributed by atoms with van der Waals surface area (Å²) < 4.78 is 5.06. The summed E-state index contributed by atoms with van der Waals surface area (Å²) >= 11 is 0. The Kier molecular flexibility index (Phi) is 8.72. The number of nitrogens with one attached hydrogen (secondary N) is 2. The van der Waals surface area contributed by atoms with Gasteiger partial charge in [-0.15, -0.1) is 0 Å². The van der Waals surface area contributed by atoms with Crippen LogP contribution in [0.4, 0.5) is 4.79 Å². The number of aromatic amines is 1. The second kappa shape index (κ2) is 10.3. The number of aryl methyl sites for hydroxylation is 1. The fourth-order valence-electron chi connectivity index (χ4n) is 3.08. The number of Topliss-reactive ketones (excluding diaryl/α,β-unsaturated/α-hetero) is 1. The molecule has 0 bridgehead atoms. The molecule has 1 unspecified atom stereocenters. The molecule has 0 fully saturated rings. The first-order chi connectivity index (χ1) is 13.0. The molecule has 1 atom stereocenters. The molecule has 1 aromatic heterocycles. The zero-order valence-corrected chi connectivity index (χ0v) is 18.4. The van der Waals surface area contributed by atoms with Crippen molar-refractivity contribution in [3.05, 3.63) is 22.5 Å². The van der Waals surface area contributed by atoms with Gasteiger partial charge in [0.05, 0.1) is 12.6 Å². The van der Waals surface area contributed by atoms with Crippen LogP contribution in [0, 0.1) is 19.8 Å². The van der Waals surface area contributed by atoms with Gasteiger partial charge >= 0.3 is 12.0 Å². The number of urea groups is 1. The summed E-state index contributed by atoms with van der Waals surface area (Å²) in [5, 5.41) is 2.88. The predicted molar refractivity (Wildman–Crippen MR) is 110 cm³/mol. The smallest absolute Gasteiger partial charge is 0.355 e. The van der Waals surface area contributed by atoms with Crippen molar-refractivity contribution >= 4 is 17.8 Å². The first-order valence-electron chi connectivity index (χ1n) is 9.98. The molecule has 158 valence electrons. The lowest BCUT2D eigenvalue weighted by Crippen LogP contribution is -2.50. The molecule has 0 spiro atoms. The highest BCUT2D eigenvalue weighted by molar-refractivity contribution is 6.06. The molecule has 2 amide bonds. The van der Waals surface area contributed by atoms with Crippen LogP contribution in [0.25, 0.3) is 0 Å². The molecule has 0 saturated carbocycles. The zero-order chi connectivity index (χ0) is 21.6. The molecule has 1 rings (SSSR count). The molecule has 1 heterocycles. The quantitative estimate of drug-likeness (QED) is 0.492. The molecular weight excluding hydrogens is 358 g/mol. The monoisotopic (exact) mass is 393 g/mol. The molecule has 0 saturated heterocycles. The van der Waals surface area contributed by atoms with Gasteiger partial charge in [0.1, 0.15) is 5.69 Å². The van der Waals surface area contributed by atoms with E-state index in [-0.39, 0.29) is 30.2 Å². The summed E-state index contributed by atoms with van der Waals surface area (Å²) in [5.74, 6) is -0.267. The number of carbonyl (C=O) groups excluding carboxylic acids is 3. The molecule has 7 nitrogen and oxygen atoms in total. The highest BCUT2D eigenvalue weighted by Crippen LogP contribution is 2.22. The van der Waals surface area contributed by atoms with E-state index in [4.69, 9.17) is 4.74 Å². The number of amides is 2. The van der Waals surface area contributed by atoms with Crippen molar-refractivity contribution in [3.8, 4) is 0 Å². The van der Waals surface area contributed by atoms with Crippen molar-refractivity contribution < 1.29 is 19.1 Å². The number of rotatable bonds is 9. The maximum Gasteiger partial charge on any atom is 0.355 e. The van der Waals surface area contributed by atoms with Gasteiger partial charge in [-0.1, -0.05) is 13.8 Å². The molecule has 2 N–H and O–H groups in total. The number of ketones is 1. The number of hydrogen-bond acceptors (Lipinski definition) is 4. The largest absolute Gasteiger partial charge is 0.461 e. The lowest BCUT2D eigenvalue weighted by Gasteiger charge is -2.30. The van der Waals surface area contributed by atoms with Crippen LogP contribution in [0.15, 0.2) is 0 Å². The summed E-state index contributed by atoms with van der Waals surface area (Å²) in [6.07, 6.45) is 0.794. The molecule has 0 radical (unpaired) electrons. The van der Waals surface area contributed by atoms with Crippen molar-refractivity contribution in [1.82, 2.24) is 15.2 Å². The third kappa shape index (κ3) is 5.84. The van der Waals surface area contributed by atoms with E-state index in [9.17, 15) is 14.4 Å². The van der Waals surface area contributed by atoms with Crippen LogP contribution in [0.1, 0.15) is 80.1 Å². The minimum atomic E-state index is -0.652. The third-order valence-corrected chi connectivity index (χ3v) is 4.63. The van der Waals surface area contributed by atoms with E-state index in [1.54, 1.807) is 32.6 Å². The van der Waals surface area contributed by atoms with E-state index in [2.05, 4.69) is 24.1 Å². The molecule has 0 aromatic carbocycles. The Morgan fingerprint density at radius 1 is 1.11 bits per heavy atom. The van der Waals surface area contributed by atoms with E-state index < -0.39 is 12.0 Å². The summed E-state index contributed by atoms with van der Waals surface area (Å²) in [6.45, 7) is 15.6. The van der Waals surface area contributed by atoms with Crippen molar-refractivity contribution in [2.45, 2.75) is 73.9 Å². The van der Waals surface area contributed by atoms with Crippen LogP contribution in [0.2, 0.25) is 0 Å². The Hall–Kier alpha value is -2.31. The van der Waals surface area contributed by atoms with Crippen molar-refractivity contribution in [3.63, 3.8) is 0 Å². The standard InChI is InChI=1S/C21H35N3O4/c1-9-28-20(26)18-14(6)17(15(7)23-18)19(25)16(8)24(11-10-12(2)3)21(27)22-13(4)5/h12-13,16,23H,9-11H2,1-8H3,(H,22,27). The Bertz CT molecular complexity index is 707. The first kappa shape index (κ1) is 23.7. The molecule has 0 aliphatic carbocycles. The minimum absolute atomic E-state index is 0.0255. The fraction of sp³-hybridized carbons (Fsp3) is 0.667. The topological polar surface area (TPSA) is 91.5 Å². The summed E-state index contributed by atoms with van der Waals surface area (Å²) in [6, 6.07) is -0.934. The van der Waals surface area contributed by atoms with Crippen LogP contribution < -0.4 is 5.32 Å². The van der Waals surface area contributed by atoms with E-state index >= 15 is 0 Å². The van der Waals surface area contributed by atoms with Crippen LogP contribution in [-0.4, -0.2) is 52.9 Å². The molecular formula is C21H35N3O4. The highest BCUT2D eigenvalue weighted by Gasteiger charge is 2.31. The number of H-pyrrole nitrogens is 1. The van der Waals surface area contributed by atoms with Gasteiger partial charge in [0.15, 0.2) is 5.78 Å². The molecule has 1 aromatic rings. The van der Waals surface area contributed by atoms with Crippen molar-refractivity contribution in [2.75, 3.05) is 13.2 Å². The second-order valence-corrected chi connectivity index (χ2v) is 7.87. The van der Waals surface area contributed by atoms with Crippen molar-refractivity contribution in [1.29, 1.82) is 0 Å². The Morgan fingerprint density at radius 3 is 2.21 bits per heavy atom. The molecule has 28 heavy (non-hydrogen) atoms. The van der Waals surface area contributed by atoms with Crippen LogP contribution >= 0.6 is 0 Å². The number of esters is 1. The Balaban J connectivity index is 3.18. The zero-order valence-electron chi connectivity index (χ0n) is 18.4. The van der Waals surface area contributed by atoms with Gasteiger partial charge in [-0.2, -0.15) is 0 Å². The number of ether oxygens (including phenoxy) is 1. The van der Waals surface area contributed by atoms with Gasteiger partial charge < -0.3 is 19.9 Å². The fourth-order valence-corrected chi connectivity index (χ4v) is 3.08. The average Bonchev–Trinajstić information content (AvgIpc) is 2.88. The van der Waals surface area contributed by atoms with Crippen LogP contribution in [0.5, 0.6) is 0 Å². The predicted octanol–water partition coefficient (Wildman–Crippen LogP) is 3.85.